The Bertz CT molecular complexity index is 646. The second-order valence-electron chi connectivity index (χ2n) is 4.52. The minimum Gasteiger partial charge on any atom is -0.507 e. The number of nitrogens with one attached hydrogen (secondary N) is 1. The summed E-state index contributed by atoms with van der Waals surface area (Å²) in [6.45, 7) is 3.83. The van der Waals surface area contributed by atoms with Crippen molar-refractivity contribution in [2.24, 2.45) is 5.10 Å². The van der Waals surface area contributed by atoms with Crippen LogP contribution in [-0.2, 0) is 0 Å². The lowest BCUT2D eigenvalue weighted by Crippen LogP contribution is -2.19. The Kier molecular flexibility index (Phi) is 4.15. The van der Waals surface area contributed by atoms with Crippen LogP contribution in [0.3, 0.4) is 0 Å². The third-order valence-electron chi connectivity index (χ3n) is 2.94. The summed E-state index contributed by atoms with van der Waals surface area (Å²) < 4.78 is 0. The van der Waals surface area contributed by atoms with Gasteiger partial charge in [-0.25, -0.2) is 5.43 Å². The molecule has 0 radical (unpaired) electrons. The Morgan fingerprint density at radius 3 is 2.40 bits per heavy atom. The largest absolute Gasteiger partial charge is 0.507 e. The monoisotopic (exact) mass is 268 g/mol. The van der Waals surface area contributed by atoms with Gasteiger partial charge in [0.05, 0.1) is 11.3 Å². The number of rotatable bonds is 3. The predicted molar refractivity (Wildman–Crippen MR) is 79.0 cm³/mol. The molecule has 0 unspecified atom stereocenters. The first kappa shape index (κ1) is 13.8. The van der Waals surface area contributed by atoms with Crippen LogP contribution < -0.4 is 5.43 Å². The van der Waals surface area contributed by atoms with Crippen LogP contribution in [0, 0.1) is 6.92 Å². The number of aryl methyl sites for hydroxylation is 1. The highest BCUT2D eigenvalue weighted by Gasteiger charge is 2.09. The molecule has 0 aliphatic heterocycles. The number of carbonyl (C=O) groups excluding carboxylic acids is 1. The van der Waals surface area contributed by atoms with E-state index in [9.17, 15) is 9.90 Å². The maximum atomic E-state index is 11.9. The molecule has 20 heavy (non-hydrogen) atoms. The van der Waals surface area contributed by atoms with Crippen molar-refractivity contribution in [2.75, 3.05) is 0 Å². The van der Waals surface area contributed by atoms with Crippen molar-refractivity contribution >= 4 is 11.6 Å². The van der Waals surface area contributed by atoms with Gasteiger partial charge in [-0.3, -0.25) is 4.79 Å². The molecule has 0 heterocycles. The summed E-state index contributed by atoms with van der Waals surface area (Å²) in [5, 5.41) is 13.6. The van der Waals surface area contributed by atoms with Crippen molar-refractivity contribution in [3.05, 3.63) is 65.2 Å². The van der Waals surface area contributed by atoms with E-state index in [1.165, 1.54) is 11.6 Å². The molecule has 1 amide bonds. The van der Waals surface area contributed by atoms with Crippen LogP contribution in [0.2, 0.25) is 0 Å². The summed E-state index contributed by atoms with van der Waals surface area (Å²) in [4.78, 5) is 11.9. The van der Waals surface area contributed by atoms with Crippen LogP contribution in [0.5, 0.6) is 5.75 Å². The highest BCUT2D eigenvalue weighted by Crippen LogP contribution is 2.15. The molecule has 0 saturated carbocycles. The van der Waals surface area contributed by atoms with E-state index in [0.29, 0.717) is 5.71 Å². The highest BCUT2D eigenvalue weighted by molar-refractivity contribution is 6.01. The summed E-state index contributed by atoms with van der Waals surface area (Å²) in [5.41, 5.74) is 5.45. The zero-order chi connectivity index (χ0) is 14.5. The summed E-state index contributed by atoms with van der Waals surface area (Å²) in [5.74, 6) is -0.497. The summed E-state index contributed by atoms with van der Waals surface area (Å²) in [7, 11) is 0. The van der Waals surface area contributed by atoms with Crippen molar-refractivity contribution in [2.45, 2.75) is 13.8 Å². The van der Waals surface area contributed by atoms with Crippen LogP contribution in [0.25, 0.3) is 0 Å². The van der Waals surface area contributed by atoms with Gasteiger partial charge in [0.2, 0.25) is 0 Å². The minimum absolute atomic E-state index is 0.0619. The maximum absolute atomic E-state index is 11.9. The number of hydrazone groups is 1. The van der Waals surface area contributed by atoms with E-state index in [4.69, 9.17) is 0 Å². The van der Waals surface area contributed by atoms with Crippen molar-refractivity contribution in [1.29, 1.82) is 0 Å². The number of aromatic hydroxyl groups is 1. The smallest absolute Gasteiger partial charge is 0.275 e. The van der Waals surface area contributed by atoms with Gasteiger partial charge in [0, 0.05) is 0 Å². The molecule has 0 bridgehead atoms. The van der Waals surface area contributed by atoms with Crippen molar-refractivity contribution < 1.29 is 9.90 Å². The second kappa shape index (κ2) is 6.02. The van der Waals surface area contributed by atoms with Crippen LogP contribution in [0.1, 0.15) is 28.4 Å². The lowest BCUT2D eigenvalue weighted by atomic mass is 10.1. The number of para-hydroxylation sites is 1. The fraction of sp³-hybridized carbons (Fsp3) is 0.125. The summed E-state index contributed by atoms with van der Waals surface area (Å²) in [6, 6.07) is 14.2. The third kappa shape index (κ3) is 3.23. The molecule has 4 heteroatoms. The molecule has 0 atom stereocenters. The molecule has 0 fully saturated rings. The topological polar surface area (TPSA) is 61.7 Å². The lowest BCUT2D eigenvalue weighted by molar-refractivity contribution is 0.0952. The van der Waals surface area contributed by atoms with Gasteiger partial charge in [-0.2, -0.15) is 5.10 Å². The van der Waals surface area contributed by atoms with Crippen LogP contribution in [0.4, 0.5) is 0 Å². The van der Waals surface area contributed by atoms with E-state index in [2.05, 4.69) is 10.5 Å². The number of phenols is 1. The molecule has 102 valence electrons. The first-order chi connectivity index (χ1) is 9.58. The number of hydrogen-bond acceptors (Lipinski definition) is 3. The number of benzene rings is 2. The Morgan fingerprint density at radius 2 is 1.75 bits per heavy atom. The zero-order valence-corrected chi connectivity index (χ0v) is 11.4. The Labute approximate surface area is 117 Å². The zero-order valence-electron chi connectivity index (χ0n) is 11.4. The van der Waals surface area contributed by atoms with Crippen LogP contribution in [0.15, 0.2) is 53.6 Å². The molecule has 2 N–H and O–H groups in total. The van der Waals surface area contributed by atoms with Gasteiger partial charge in [0.15, 0.2) is 0 Å². The molecule has 2 aromatic rings. The number of carbonyl (C=O) groups is 1. The maximum Gasteiger partial charge on any atom is 0.275 e. The molecular formula is C16H16N2O2. The lowest BCUT2D eigenvalue weighted by Gasteiger charge is -2.04. The van der Waals surface area contributed by atoms with Crippen molar-refractivity contribution in [1.82, 2.24) is 5.43 Å². The standard InChI is InChI=1S/C16H16N2O2/c1-11-7-9-13(10-8-11)12(2)17-18-16(20)14-5-3-4-6-15(14)19/h3-10,19H,1-2H3,(H,18,20)/b17-12-. The summed E-state index contributed by atoms with van der Waals surface area (Å²) in [6.07, 6.45) is 0. The van der Waals surface area contributed by atoms with Crippen LogP contribution in [-0.4, -0.2) is 16.7 Å². The molecule has 4 nitrogen and oxygen atoms in total. The Balaban J connectivity index is 2.11. The van der Waals surface area contributed by atoms with Gasteiger partial charge in [-0.1, -0.05) is 42.0 Å². The van der Waals surface area contributed by atoms with Gasteiger partial charge in [0.1, 0.15) is 5.75 Å². The third-order valence-corrected chi connectivity index (χ3v) is 2.94. The van der Waals surface area contributed by atoms with E-state index >= 15 is 0 Å². The van der Waals surface area contributed by atoms with E-state index in [0.717, 1.165) is 5.56 Å². The molecule has 0 aliphatic rings. The van der Waals surface area contributed by atoms with E-state index < -0.39 is 5.91 Å². The SMILES string of the molecule is C/C(=N/NC(=O)c1ccccc1O)c1ccc(C)cc1. The molecule has 0 aromatic heterocycles. The quantitative estimate of drug-likeness (QED) is 0.664. The van der Waals surface area contributed by atoms with Gasteiger partial charge in [0.25, 0.3) is 5.91 Å². The van der Waals surface area contributed by atoms with Gasteiger partial charge >= 0.3 is 0 Å². The van der Waals surface area contributed by atoms with Crippen LogP contribution >= 0.6 is 0 Å². The molecule has 2 rings (SSSR count). The average Bonchev–Trinajstić information content (AvgIpc) is 2.45. The van der Waals surface area contributed by atoms with E-state index in [1.54, 1.807) is 18.2 Å². The number of hydrogen-bond donors (Lipinski definition) is 2. The number of nitrogens with zero attached hydrogens (tertiary/aromatic N) is 1. The Hall–Kier alpha value is -2.62. The molecular weight excluding hydrogens is 252 g/mol. The van der Waals surface area contributed by atoms with Gasteiger partial charge in [-0.05, 0) is 31.5 Å². The second-order valence-corrected chi connectivity index (χ2v) is 4.52. The first-order valence-electron chi connectivity index (χ1n) is 6.27. The van der Waals surface area contributed by atoms with Gasteiger partial charge in [-0.15, -0.1) is 0 Å². The van der Waals surface area contributed by atoms with E-state index in [1.807, 2.05) is 38.1 Å². The Morgan fingerprint density at radius 1 is 1.10 bits per heavy atom. The first-order valence-corrected chi connectivity index (χ1v) is 6.27. The van der Waals surface area contributed by atoms with Crippen molar-refractivity contribution in [3.63, 3.8) is 0 Å². The average molecular weight is 268 g/mol. The molecule has 0 spiro atoms. The fourth-order valence-electron chi connectivity index (χ4n) is 1.72. The number of phenolic OH excluding ortho intramolecular Hbond substituents is 1. The highest BCUT2D eigenvalue weighted by atomic mass is 16.3. The van der Waals surface area contributed by atoms with Crippen molar-refractivity contribution in [3.8, 4) is 5.75 Å². The van der Waals surface area contributed by atoms with Gasteiger partial charge < -0.3 is 5.11 Å². The normalized spacial score (nSPS) is 11.2. The fourth-order valence-corrected chi connectivity index (χ4v) is 1.72. The van der Waals surface area contributed by atoms with E-state index in [-0.39, 0.29) is 11.3 Å². The molecule has 2 aromatic carbocycles. The number of amides is 1. The molecule has 0 saturated heterocycles. The summed E-state index contributed by atoms with van der Waals surface area (Å²) >= 11 is 0. The predicted octanol–water partition coefficient (Wildman–Crippen LogP) is 2.85. The minimum atomic E-state index is -0.436. The molecule has 0 aliphatic carbocycles.